The number of oxazole rings is 1. The summed E-state index contributed by atoms with van der Waals surface area (Å²) in [5.41, 5.74) is 0.971. The third kappa shape index (κ3) is 1.73. The van der Waals surface area contributed by atoms with Crippen LogP contribution in [0.25, 0.3) is 11.5 Å². The number of hydrogen-bond donors (Lipinski definition) is 0. The van der Waals surface area contributed by atoms with E-state index in [1.165, 1.54) is 0 Å². The van der Waals surface area contributed by atoms with Crippen LogP contribution in [0.1, 0.15) is 5.76 Å². The molecule has 0 N–H and O–H groups in total. The van der Waals surface area contributed by atoms with Crippen molar-refractivity contribution in [2.24, 2.45) is 0 Å². The topological polar surface area (TPSA) is 26.0 Å². The Bertz CT molecular complexity index is 383. The van der Waals surface area contributed by atoms with Crippen molar-refractivity contribution in [1.29, 1.82) is 0 Å². The second kappa shape index (κ2) is 3.62. The van der Waals surface area contributed by atoms with Gasteiger partial charge in [-0.1, -0.05) is 18.2 Å². The van der Waals surface area contributed by atoms with Crippen molar-refractivity contribution in [2.75, 3.05) is 0 Å². The van der Waals surface area contributed by atoms with E-state index < -0.39 is 0 Å². The van der Waals surface area contributed by atoms with E-state index in [2.05, 4.69) is 4.98 Å². The average molecular weight is 194 g/mol. The molecule has 66 valence electrons. The third-order valence-corrected chi connectivity index (χ3v) is 1.97. The van der Waals surface area contributed by atoms with Crippen LogP contribution < -0.4 is 0 Å². The van der Waals surface area contributed by atoms with Gasteiger partial charge in [0.15, 0.2) is 0 Å². The molecule has 0 unspecified atom stereocenters. The van der Waals surface area contributed by atoms with E-state index in [9.17, 15) is 0 Å². The molecule has 0 aliphatic rings. The van der Waals surface area contributed by atoms with E-state index in [1.54, 1.807) is 6.20 Å². The van der Waals surface area contributed by atoms with Crippen molar-refractivity contribution in [3.8, 4) is 11.5 Å². The lowest BCUT2D eigenvalue weighted by Crippen LogP contribution is -1.73. The van der Waals surface area contributed by atoms with Gasteiger partial charge in [-0.25, -0.2) is 4.98 Å². The number of halogens is 1. The Kier molecular flexibility index (Phi) is 2.32. The monoisotopic (exact) mass is 193 g/mol. The third-order valence-electron chi connectivity index (χ3n) is 1.71. The molecule has 0 spiro atoms. The summed E-state index contributed by atoms with van der Waals surface area (Å²) in [7, 11) is 0. The van der Waals surface area contributed by atoms with Crippen LogP contribution in [0.3, 0.4) is 0 Å². The van der Waals surface area contributed by atoms with Crippen LogP contribution in [0.5, 0.6) is 0 Å². The number of nitrogens with zero attached hydrogens (tertiary/aromatic N) is 1. The highest BCUT2D eigenvalue weighted by Gasteiger charge is 2.03. The van der Waals surface area contributed by atoms with Crippen molar-refractivity contribution in [3.63, 3.8) is 0 Å². The first kappa shape index (κ1) is 8.32. The van der Waals surface area contributed by atoms with E-state index in [0.717, 1.165) is 5.56 Å². The molecule has 1 aromatic heterocycles. The SMILES string of the molecule is ClCc1cnc(-c2ccccc2)o1. The van der Waals surface area contributed by atoms with Crippen molar-refractivity contribution in [2.45, 2.75) is 5.88 Å². The highest BCUT2D eigenvalue weighted by atomic mass is 35.5. The maximum absolute atomic E-state index is 5.59. The number of aromatic nitrogens is 1. The zero-order valence-electron chi connectivity index (χ0n) is 6.90. The van der Waals surface area contributed by atoms with E-state index in [0.29, 0.717) is 17.5 Å². The maximum atomic E-state index is 5.59. The van der Waals surface area contributed by atoms with Gasteiger partial charge in [0.1, 0.15) is 5.76 Å². The summed E-state index contributed by atoms with van der Waals surface area (Å²) in [6, 6.07) is 9.74. The van der Waals surface area contributed by atoms with Crippen LogP contribution >= 0.6 is 11.6 Å². The van der Waals surface area contributed by atoms with Gasteiger partial charge in [-0.3, -0.25) is 0 Å². The van der Waals surface area contributed by atoms with Gasteiger partial charge < -0.3 is 4.42 Å². The van der Waals surface area contributed by atoms with Crippen molar-refractivity contribution >= 4 is 11.6 Å². The Labute approximate surface area is 81.2 Å². The van der Waals surface area contributed by atoms with Crippen molar-refractivity contribution in [1.82, 2.24) is 4.98 Å². The van der Waals surface area contributed by atoms with Crippen LogP contribution in [0, 0.1) is 0 Å². The lowest BCUT2D eigenvalue weighted by molar-refractivity contribution is 0.537. The smallest absolute Gasteiger partial charge is 0.226 e. The molecule has 13 heavy (non-hydrogen) atoms. The van der Waals surface area contributed by atoms with Gasteiger partial charge in [0.05, 0.1) is 12.1 Å². The summed E-state index contributed by atoms with van der Waals surface area (Å²) in [5.74, 6) is 1.68. The Hall–Kier alpha value is -1.28. The second-order valence-electron chi connectivity index (χ2n) is 2.63. The van der Waals surface area contributed by atoms with Gasteiger partial charge in [0.2, 0.25) is 5.89 Å². The van der Waals surface area contributed by atoms with Crippen molar-refractivity contribution < 1.29 is 4.42 Å². The predicted octanol–water partition coefficient (Wildman–Crippen LogP) is 3.08. The van der Waals surface area contributed by atoms with Gasteiger partial charge in [-0.2, -0.15) is 0 Å². The predicted molar refractivity (Wildman–Crippen MR) is 51.5 cm³/mol. The molecule has 1 heterocycles. The lowest BCUT2D eigenvalue weighted by atomic mass is 10.2. The number of alkyl halides is 1. The van der Waals surface area contributed by atoms with Gasteiger partial charge >= 0.3 is 0 Å². The molecule has 1 aromatic carbocycles. The summed E-state index contributed by atoms with van der Waals surface area (Å²) < 4.78 is 5.38. The quantitative estimate of drug-likeness (QED) is 0.686. The molecular formula is C10H8ClNO. The minimum absolute atomic E-state index is 0.361. The van der Waals surface area contributed by atoms with Crippen LogP contribution in [0.2, 0.25) is 0 Å². The Morgan fingerprint density at radius 1 is 1.23 bits per heavy atom. The maximum Gasteiger partial charge on any atom is 0.226 e. The average Bonchev–Trinajstić information content (AvgIpc) is 2.67. The van der Waals surface area contributed by atoms with Crippen LogP contribution in [-0.2, 0) is 5.88 Å². The highest BCUT2D eigenvalue weighted by Crippen LogP contribution is 2.18. The summed E-state index contributed by atoms with van der Waals surface area (Å²) >= 11 is 5.59. The first-order valence-corrected chi connectivity index (χ1v) is 4.49. The van der Waals surface area contributed by atoms with Gasteiger partial charge in [-0.05, 0) is 12.1 Å². The van der Waals surface area contributed by atoms with Crippen LogP contribution in [-0.4, -0.2) is 4.98 Å². The van der Waals surface area contributed by atoms with E-state index in [-0.39, 0.29) is 0 Å². The summed E-state index contributed by atoms with van der Waals surface area (Å²) in [6.45, 7) is 0. The first-order valence-electron chi connectivity index (χ1n) is 3.96. The zero-order chi connectivity index (χ0) is 9.10. The molecule has 3 heteroatoms. The fourth-order valence-electron chi connectivity index (χ4n) is 1.08. The summed E-state index contributed by atoms with van der Waals surface area (Å²) in [6.07, 6.45) is 1.65. The fraction of sp³-hybridized carbons (Fsp3) is 0.100. The first-order chi connectivity index (χ1) is 6.40. The molecule has 0 fully saturated rings. The summed E-state index contributed by atoms with van der Waals surface area (Å²) in [5, 5.41) is 0. The molecule has 2 aromatic rings. The molecule has 0 saturated carbocycles. The number of benzene rings is 1. The summed E-state index contributed by atoms with van der Waals surface area (Å²) in [4.78, 5) is 4.11. The van der Waals surface area contributed by atoms with E-state index >= 15 is 0 Å². The highest BCUT2D eigenvalue weighted by molar-refractivity contribution is 6.16. The lowest BCUT2D eigenvalue weighted by Gasteiger charge is -1.92. The molecule has 0 aliphatic heterocycles. The Morgan fingerprint density at radius 3 is 2.62 bits per heavy atom. The molecule has 2 nitrogen and oxygen atoms in total. The molecule has 2 rings (SSSR count). The zero-order valence-corrected chi connectivity index (χ0v) is 7.66. The van der Waals surface area contributed by atoms with E-state index in [1.807, 2.05) is 30.3 Å². The second-order valence-corrected chi connectivity index (χ2v) is 2.90. The largest absolute Gasteiger partial charge is 0.440 e. The molecule has 0 saturated heterocycles. The molecule has 0 aliphatic carbocycles. The van der Waals surface area contributed by atoms with Crippen molar-refractivity contribution in [3.05, 3.63) is 42.3 Å². The minimum Gasteiger partial charge on any atom is -0.440 e. The standard InChI is InChI=1S/C10H8ClNO/c11-6-9-7-12-10(13-9)8-4-2-1-3-5-8/h1-5,7H,6H2. The molecule has 0 radical (unpaired) electrons. The molecule has 0 amide bonds. The fourth-order valence-corrected chi connectivity index (χ4v) is 1.21. The molecular weight excluding hydrogens is 186 g/mol. The van der Waals surface area contributed by atoms with Crippen LogP contribution in [0.15, 0.2) is 40.9 Å². The van der Waals surface area contributed by atoms with Crippen LogP contribution in [0.4, 0.5) is 0 Å². The normalized spacial score (nSPS) is 10.2. The van der Waals surface area contributed by atoms with Gasteiger partial charge in [-0.15, -0.1) is 11.6 Å². The number of rotatable bonds is 2. The number of hydrogen-bond acceptors (Lipinski definition) is 2. The van der Waals surface area contributed by atoms with Gasteiger partial charge in [0.25, 0.3) is 0 Å². The Balaban J connectivity index is 2.36. The van der Waals surface area contributed by atoms with Gasteiger partial charge in [0, 0.05) is 5.56 Å². The van der Waals surface area contributed by atoms with E-state index in [4.69, 9.17) is 16.0 Å². The minimum atomic E-state index is 0.361. The Morgan fingerprint density at radius 2 is 2.00 bits per heavy atom. The molecule has 0 atom stereocenters. The molecule has 0 bridgehead atoms.